The Balaban J connectivity index is 1.23. The molecule has 2 aromatic heterocycles. The van der Waals surface area contributed by atoms with Gasteiger partial charge in [-0.1, -0.05) is 11.6 Å². The number of aliphatic hydroxyl groups excluding tert-OH is 1. The number of halogens is 4. The lowest BCUT2D eigenvalue weighted by Crippen LogP contribution is -2.58. The highest BCUT2D eigenvalue weighted by Gasteiger charge is 2.59. The average Bonchev–Trinajstić information content (AvgIpc) is 3.13. The van der Waals surface area contributed by atoms with Crippen molar-refractivity contribution in [3.63, 3.8) is 0 Å². The largest absolute Gasteiger partial charge is 0.389 e. The third-order valence-corrected chi connectivity index (χ3v) is 8.46. The summed E-state index contributed by atoms with van der Waals surface area (Å²) in [6.07, 6.45) is 1.60. The Kier molecular flexibility index (Phi) is 5.90. The van der Waals surface area contributed by atoms with Gasteiger partial charge in [-0.3, -0.25) is 4.90 Å². The summed E-state index contributed by atoms with van der Waals surface area (Å²) in [6.45, 7) is 5.41. The Morgan fingerprint density at radius 1 is 1.27 bits per heavy atom. The number of piperidine rings is 1. The summed E-state index contributed by atoms with van der Waals surface area (Å²) in [5.41, 5.74) is 2.24. The van der Waals surface area contributed by atoms with E-state index in [0.717, 1.165) is 21.2 Å². The Labute approximate surface area is 216 Å². The van der Waals surface area contributed by atoms with E-state index >= 15 is 4.39 Å². The van der Waals surface area contributed by atoms with Crippen LogP contribution in [-0.2, 0) is 4.74 Å². The molecule has 3 fully saturated rings. The van der Waals surface area contributed by atoms with E-state index in [1.807, 2.05) is 30.9 Å². The molecule has 0 radical (unpaired) electrons. The summed E-state index contributed by atoms with van der Waals surface area (Å²) >= 11 is 6.28. The molecule has 1 aromatic carbocycles. The van der Waals surface area contributed by atoms with Crippen molar-refractivity contribution in [2.75, 3.05) is 31.6 Å². The van der Waals surface area contributed by atoms with Crippen LogP contribution in [0.25, 0.3) is 10.9 Å². The summed E-state index contributed by atoms with van der Waals surface area (Å²) in [5, 5.41) is 18.2. The predicted octanol–water partition coefficient (Wildman–Crippen LogP) is 4.39. The van der Waals surface area contributed by atoms with Crippen LogP contribution in [0.3, 0.4) is 0 Å². The second-order valence-electron chi connectivity index (χ2n) is 10.6. The molecule has 3 aliphatic rings. The number of hydrogen-bond donors (Lipinski definition) is 2. The minimum Gasteiger partial charge on any atom is -0.389 e. The van der Waals surface area contributed by atoms with Crippen molar-refractivity contribution >= 4 is 34.1 Å². The van der Waals surface area contributed by atoms with Crippen molar-refractivity contribution in [2.24, 2.45) is 0 Å². The number of ether oxygens (including phenoxy) is 1. The first kappa shape index (κ1) is 24.8. The maximum atomic E-state index is 15.6. The molecular formula is C25H28ClF3N6O2. The number of rotatable bonds is 5. The van der Waals surface area contributed by atoms with Gasteiger partial charge < -0.3 is 15.2 Å². The van der Waals surface area contributed by atoms with Gasteiger partial charge in [-0.25, -0.2) is 27.8 Å². The maximum Gasteiger partial charge on any atom is 0.272 e. The lowest BCUT2D eigenvalue weighted by atomic mass is 9.82. The second-order valence-corrected chi connectivity index (χ2v) is 11.0. The van der Waals surface area contributed by atoms with E-state index in [4.69, 9.17) is 16.3 Å². The number of anilines is 2. The number of benzene rings is 1. The first-order chi connectivity index (χ1) is 17.6. The van der Waals surface area contributed by atoms with E-state index in [-0.39, 0.29) is 36.6 Å². The smallest absolute Gasteiger partial charge is 0.272 e. The van der Waals surface area contributed by atoms with E-state index in [1.165, 1.54) is 6.20 Å². The topological polar surface area (TPSA) is 88.3 Å². The molecule has 5 atom stereocenters. The molecule has 4 heterocycles. The zero-order valence-electron chi connectivity index (χ0n) is 20.5. The monoisotopic (exact) mass is 536 g/mol. The van der Waals surface area contributed by atoms with Crippen molar-refractivity contribution in [1.29, 1.82) is 0 Å². The zero-order valence-corrected chi connectivity index (χ0v) is 21.2. The Morgan fingerprint density at radius 2 is 2.05 bits per heavy atom. The highest BCUT2D eigenvalue weighted by atomic mass is 35.5. The van der Waals surface area contributed by atoms with Gasteiger partial charge in [0, 0.05) is 30.5 Å². The quantitative estimate of drug-likeness (QED) is 0.500. The third kappa shape index (κ3) is 4.25. The fraction of sp³-hybridized carbons (Fsp3) is 0.560. The number of fused-ring (bicyclic) bond motifs is 1. The molecule has 37 heavy (non-hydrogen) atoms. The lowest BCUT2D eigenvalue weighted by Gasteiger charge is -2.45. The normalized spacial score (nSPS) is 31.6. The first-order valence-electron chi connectivity index (χ1n) is 12.4. The molecule has 6 rings (SSSR count). The van der Waals surface area contributed by atoms with Crippen LogP contribution < -0.4 is 5.32 Å². The van der Waals surface area contributed by atoms with Crippen LogP contribution in [-0.4, -0.2) is 79.8 Å². The number of hydrogen-bond acceptors (Lipinski definition) is 7. The number of aryl methyl sites for hydroxylation is 1. The number of likely N-dealkylation sites (tertiary alicyclic amines) is 1. The molecule has 2 saturated heterocycles. The van der Waals surface area contributed by atoms with Crippen LogP contribution in [0.2, 0.25) is 5.15 Å². The van der Waals surface area contributed by atoms with E-state index < -0.39 is 29.8 Å². The van der Waals surface area contributed by atoms with Gasteiger partial charge in [0.15, 0.2) is 5.15 Å². The van der Waals surface area contributed by atoms with Gasteiger partial charge >= 0.3 is 0 Å². The summed E-state index contributed by atoms with van der Waals surface area (Å²) in [7, 11) is 0. The molecular weight excluding hydrogens is 509 g/mol. The minimum atomic E-state index is -2.80. The van der Waals surface area contributed by atoms with Gasteiger partial charge in [0.25, 0.3) is 5.92 Å². The van der Waals surface area contributed by atoms with Gasteiger partial charge in [-0.15, -0.1) is 0 Å². The van der Waals surface area contributed by atoms with Gasteiger partial charge in [-0.05, 0) is 50.1 Å². The number of aromatic nitrogens is 4. The lowest BCUT2D eigenvalue weighted by molar-refractivity contribution is -0.0238. The van der Waals surface area contributed by atoms with Crippen molar-refractivity contribution in [3.05, 3.63) is 40.8 Å². The van der Waals surface area contributed by atoms with Crippen LogP contribution in [0.1, 0.15) is 42.9 Å². The van der Waals surface area contributed by atoms with Gasteiger partial charge in [0.1, 0.15) is 12.2 Å². The molecule has 0 amide bonds. The highest BCUT2D eigenvalue weighted by molar-refractivity contribution is 6.32. The molecule has 3 aromatic rings. The number of nitrogens with zero attached hydrogens (tertiary/aromatic N) is 5. The SMILES string of the molecule is Cc1cc2cnc(Nc3cnn(C4CC4(F)F)c3Cl)nc2cc1C1CCN(C2(C)COCC2O)CC1F. The maximum absolute atomic E-state index is 15.6. The summed E-state index contributed by atoms with van der Waals surface area (Å²) in [6, 6.07) is 2.81. The summed E-state index contributed by atoms with van der Waals surface area (Å²) < 4.78 is 49.0. The molecule has 1 aliphatic carbocycles. The van der Waals surface area contributed by atoms with Gasteiger partial charge in [0.2, 0.25) is 5.95 Å². The Hall–Kier alpha value is -2.47. The molecule has 0 bridgehead atoms. The molecule has 2 aliphatic heterocycles. The minimum absolute atomic E-state index is 0.0639. The van der Waals surface area contributed by atoms with Crippen LogP contribution in [0, 0.1) is 6.92 Å². The second kappa shape index (κ2) is 8.79. The van der Waals surface area contributed by atoms with Gasteiger partial charge in [0.05, 0.1) is 42.3 Å². The molecule has 8 nitrogen and oxygen atoms in total. The van der Waals surface area contributed by atoms with Gasteiger partial charge in [-0.2, -0.15) is 5.10 Å². The molecule has 2 N–H and O–H groups in total. The fourth-order valence-corrected chi connectivity index (χ4v) is 5.83. The molecule has 12 heteroatoms. The van der Waals surface area contributed by atoms with Crippen LogP contribution >= 0.6 is 11.6 Å². The standard InChI is InChI=1S/C25H28ClF3N6O2/c1-13-5-14-8-30-23(33-19-9-31-35(22(19)26)20-7-25(20,28)29)32-18(14)6-16(13)15-3-4-34(10-17(15)27)24(2)12-37-11-21(24)36/h5-6,8-9,15,17,20-21,36H,3-4,7,10-12H2,1-2H3,(H,30,32,33). The molecule has 198 valence electrons. The fourth-order valence-electron chi connectivity index (χ4n) is 5.58. The van der Waals surface area contributed by atoms with Crippen LogP contribution in [0.15, 0.2) is 24.5 Å². The van der Waals surface area contributed by atoms with E-state index in [2.05, 4.69) is 20.4 Å². The van der Waals surface area contributed by atoms with Crippen molar-refractivity contribution in [2.45, 2.75) is 62.4 Å². The van der Waals surface area contributed by atoms with E-state index in [1.54, 1.807) is 6.20 Å². The zero-order chi connectivity index (χ0) is 26.1. The van der Waals surface area contributed by atoms with E-state index in [9.17, 15) is 13.9 Å². The van der Waals surface area contributed by atoms with E-state index in [0.29, 0.717) is 30.8 Å². The molecule has 0 spiro atoms. The predicted molar refractivity (Wildman–Crippen MR) is 132 cm³/mol. The average molecular weight is 537 g/mol. The number of nitrogens with one attached hydrogen (secondary N) is 1. The Bertz CT molecular complexity index is 1360. The number of aliphatic hydroxyl groups is 1. The van der Waals surface area contributed by atoms with Crippen LogP contribution in [0.5, 0.6) is 0 Å². The molecule has 1 saturated carbocycles. The first-order valence-corrected chi connectivity index (χ1v) is 12.7. The molecule has 5 unspecified atom stereocenters. The van der Waals surface area contributed by atoms with Crippen molar-refractivity contribution < 1.29 is 23.0 Å². The number of alkyl halides is 3. The van der Waals surface area contributed by atoms with Crippen molar-refractivity contribution in [1.82, 2.24) is 24.6 Å². The Morgan fingerprint density at radius 3 is 2.73 bits per heavy atom. The summed E-state index contributed by atoms with van der Waals surface area (Å²) in [5.74, 6) is -2.86. The summed E-state index contributed by atoms with van der Waals surface area (Å²) in [4.78, 5) is 10.9. The van der Waals surface area contributed by atoms with Crippen LogP contribution in [0.4, 0.5) is 24.8 Å². The van der Waals surface area contributed by atoms with Crippen molar-refractivity contribution in [3.8, 4) is 0 Å². The third-order valence-electron chi connectivity index (χ3n) is 8.09. The highest BCUT2D eigenvalue weighted by Crippen LogP contribution is 2.53.